The number of carbonyl (C=O) groups excluding carboxylic acids is 1. The average molecular weight is 309 g/mol. The zero-order chi connectivity index (χ0) is 15.8. The predicted octanol–water partition coefficient (Wildman–Crippen LogP) is 0.0239. The van der Waals surface area contributed by atoms with Crippen LogP contribution in [0.5, 0.6) is 0 Å². The number of hydrogen-bond donors (Lipinski definition) is 3. The van der Waals surface area contributed by atoms with Gasteiger partial charge in [-0.15, -0.1) is 0 Å². The lowest BCUT2D eigenvalue weighted by molar-refractivity contribution is -0.181. The maximum Gasteiger partial charge on any atom is 0.252 e. The van der Waals surface area contributed by atoms with Crippen LogP contribution in [-0.4, -0.2) is 53.7 Å². The molecular formula is C14H23N5O3. The molecule has 0 aromatic carbocycles. The SMILES string of the molecule is Cc1cc(=O)[nH]c(NCCNC(=O)CCN2CCCCO2)n1. The highest BCUT2D eigenvalue weighted by Gasteiger charge is 2.12. The largest absolute Gasteiger partial charge is 0.354 e. The van der Waals surface area contributed by atoms with Gasteiger partial charge in [-0.05, 0) is 19.8 Å². The van der Waals surface area contributed by atoms with Crippen molar-refractivity contribution in [2.75, 3.05) is 38.1 Å². The number of H-pyrrole nitrogens is 1. The molecule has 1 saturated heterocycles. The van der Waals surface area contributed by atoms with Crippen molar-refractivity contribution in [2.45, 2.75) is 26.2 Å². The minimum atomic E-state index is -0.194. The van der Waals surface area contributed by atoms with Crippen LogP contribution in [0.3, 0.4) is 0 Å². The number of amides is 1. The fraction of sp³-hybridized carbons (Fsp3) is 0.643. The molecule has 0 aliphatic carbocycles. The van der Waals surface area contributed by atoms with Gasteiger partial charge >= 0.3 is 0 Å². The maximum atomic E-state index is 11.7. The van der Waals surface area contributed by atoms with Gasteiger partial charge in [0.15, 0.2) is 0 Å². The van der Waals surface area contributed by atoms with Crippen molar-refractivity contribution in [2.24, 2.45) is 0 Å². The number of aromatic nitrogens is 2. The minimum absolute atomic E-state index is 0.0123. The quantitative estimate of drug-likeness (QED) is 0.614. The highest BCUT2D eigenvalue weighted by molar-refractivity contribution is 5.76. The van der Waals surface area contributed by atoms with Gasteiger partial charge in [-0.2, -0.15) is 5.06 Å². The molecule has 2 heterocycles. The Labute approximate surface area is 129 Å². The number of hydrogen-bond acceptors (Lipinski definition) is 6. The van der Waals surface area contributed by atoms with Gasteiger partial charge in [0.05, 0.1) is 6.61 Å². The van der Waals surface area contributed by atoms with E-state index in [1.807, 2.05) is 5.06 Å². The van der Waals surface area contributed by atoms with Crippen LogP contribution in [-0.2, 0) is 9.63 Å². The number of aromatic amines is 1. The Hall–Kier alpha value is -1.93. The zero-order valence-electron chi connectivity index (χ0n) is 12.9. The number of nitrogens with zero attached hydrogens (tertiary/aromatic N) is 2. The first-order valence-corrected chi connectivity index (χ1v) is 7.60. The number of aryl methyl sites for hydroxylation is 1. The fourth-order valence-electron chi connectivity index (χ4n) is 2.19. The highest BCUT2D eigenvalue weighted by atomic mass is 16.7. The first-order valence-electron chi connectivity index (χ1n) is 7.60. The smallest absolute Gasteiger partial charge is 0.252 e. The predicted molar refractivity (Wildman–Crippen MR) is 82.5 cm³/mol. The topological polar surface area (TPSA) is 99.4 Å². The molecule has 3 N–H and O–H groups in total. The Balaban J connectivity index is 1.59. The Morgan fingerprint density at radius 2 is 2.32 bits per heavy atom. The second kappa shape index (κ2) is 8.50. The fourth-order valence-corrected chi connectivity index (χ4v) is 2.19. The summed E-state index contributed by atoms with van der Waals surface area (Å²) < 4.78 is 0. The molecular weight excluding hydrogens is 286 g/mol. The third-order valence-electron chi connectivity index (χ3n) is 3.27. The van der Waals surface area contributed by atoms with E-state index in [-0.39, 0.29) is 11.5 Å². The second-order valence-corrected chi connectivity index (χ2v) is 5.23. The summed E-state index contributed by atoms with van der Waals surface area (Å²) in [5.74, 6) is 0.405. The number of anilines is 1. The summed E-state index contributed by atoms with van der Waals surface area (Å²) in [5, 5.41) is 7.64. The van der Waals surface area contributed by atoms with E-state index in [0.717, 1.165) is 26.0 Å². The van der Waals surface area contributed by atoms with Crippen LogP contribution in [0.15, 0.2) is 10.9 Å². The minimum Gasteiger partial charge on any atom is -0.354 e. The van der Waals surface area contributed by atoms with Crippen molar-refractivity contribution in [1.82, 2.24) is 20.3 Å². The molecule has 0 unspecified atom stereocenters. The number of rotatable bonds is 7. The Morgan fingerprint density at radius 3 is 3.05 bits per heavy atom. The van der Waals surface area contributed by atoms with Crippen LogP contribution in [0.25, 0.3) is 0 Å². The van der Waals surface area contributed by atoms with Gasteiger partial charge < -0.3 is 10.6 Å². The third-order valence-corrected chi connectivity index (χ3v) is 3.27. The summed E-state index contributed by atoms with van der Waals surface area (Å²) in [6, 6.07) is 1.43. The van der Waals surface area contributed by atoms with Crippen molar-refractivity contribution in [3.05, 3.63) is 22.1 Å². The van der Waals surface area contributed by atoms with Crippen LogP contribution >= 0.6 is 0 Å². The van der Waals surface area contributed by atoms with Gasteiger partial charge in [0.25, 0.3) is 5.56 Å². The lowest BCUT2D eigenvalue weighted by Gasteiger charge is -2.25. The third kappa shape index (κ3) is 5.82. The molecule has 2 rings (SSSR count). The number of nitrogens with one attached hydrogen (secondary N) is 3. The number of carbonyl (C=O) groups is 1. The molecule has 22 heavy (non-hydrogen) atoms. The average Bonchev–Trinajstić information content (AvgIpc) is 2.50. The summed E-state index contributed by atoms with van der Waals surface area (Å²) in [5.41, 5.74) is 0.456. The highest BCUT2D eigenvalue weighted by Crippen LogP contribution is 2.05. The van der Waals surface area contributed by atoms with E-state index in [4.69, 9.17) is 4.84 Å². The summed E-state index contributed by atoms with van der Waals surface area (Å²) in [6.45, 7) is 4.97. The standard InChI is InChI=1S/C14H23N5O3/c1-11-10-13(21)18-14(17-11)16-6-5-15-12(20)4-8-19-7-2-3-9-22-19/h10H,2-9H2,1H3,(H,15,20)(H2,16,17,18,21). The molecule has 1 aliphatic heterocycles. The van der Waals surface area contributed by atoms with Crippen LogP contribution in [0, 0.1) is 6.92 Å². The van der Waals surface area contributed by atoms with Gasteiger partial charge in [0.2, 0.25) is 11.9 Å². The molecule has 0 radical (unpaired) electrons. The molecule has 1 amide bonds. The van der Waals surface area contributed by atoms with Gasteiger partial charge in [-0.3, -0.25) is 19.4 Å². The van der Waals surface area contributed by atoms with Crippen molar-refractivity contribution < 1.29 is 9.63 Å². The lowest BCUT2D eigenvalue weighted by atomic mass is 10.3. The van der Waals surface area contributed by atoms with E-state index >= 15 is 0 Å². The maximum absolute atomic E-state index is 11.7. The van der Waals surface area contributed by atoms with Crippen molar-refractivity contribution >= 4 is 11.9 Å². The monoisotopic (exact) mass is 309 g/mol. The van der Waals surface area contributed by atoms with Crippen molar-refractivity contribution in [1.29, 1.82) is 0 Å². The lowest BCUT2D eigenvalue weighted by Crippen LogP contribution is -2.35. The molecule has 0 bridgehead atoms. The van der Waals surface area contributed by atoms with E-state index in [1.165, 1.54) is 6.07 Å². The molecule has 1 aromatic heterocycles. The molecule has 8 heteroatoms. The van der Waals surface area contributed by atoms with Gasteiger partial charge in [-0.1, -0.05) is 0 Å². The van der Waals surface area contributed by atoms with Crippen molar-refractivity contribution in [3.63, 3.8) is 0 Å². The van der Waals surface area contributed by atoms with E-state index in [2.05, 4.69) is 20.6 Å². The van der Waals surface area contributed by atoms with Crippen molar-refractivity contribution in [3.8, 4) is 0 Å². The van der Waals surface area contributed by atoms with E-state index in [0.29, 0.717) is 37.7 Å². The first-order chi connectivity index (χ1) is 10.6. The van der Waals surface area contributed by atoms with Gasteiger partial charge in [0, 0.05) is 44.4 Å². The Kier molecular flexibility index (Phi) is 6.35. The Bertz CT molecular complexity index is 540. The normalized spacial score (nSPS) is 15.5. The first kappa shape index (κ1) is 16.4. The molecule has 1 aromatic rings. The Morgan fingerprint density at radius 1 is 1.45 bits per heavy atom. The summed E-state index contributed by atoms with van der Waals surface area (Å²) in [6.07, 6.45) is 2.62. The molecule has 0 spiro atoms. The zero-order valence-corrected chi connectivity index (χ0v) is 12.9. The molecule has 0 saturated carbocycles. The van der Waals surface area contributed by atoms with Crippen LogP contribution < -0.4 is 16.2 Å². The van der Waals surface area contributed by atoms with Crippen LogP contribution in [0.1, 0.15) is 25.0 Å². The van der Waals surface area contributed by atoms with Gasteiger partial charge in [-0.25, -0.2) is 4.98 Å². The molecule has 1 fully saturated rings. The number of hydroxylamine groups is 2. The summed E-state index contributed by atoms with van der Waals surface area (Å²) >= 11 is 0. The molecule has 1 aliphatic rings. The summed E-state index contributed by atoms with van der Waals surface area (Å²) in [7, 11) is 0. The van der Waals surface area contributed by atoms with Gasteiger partial charge in [0.1, 0.15) is 0 Å². The second-order valence-electron chi connectivity index (χ2n) is 5.23. The summed E-state index contributed by atoms with van der Waals surface area (Å²) in [4.78, 5) is 35.1. The van der Waals surface area contributed by atoms with E-state index in [9.17, 15) is 9.59 Å². The van der Waals surface area contributed by atoms with E-state index < -0.39 is 0 Å². The van der Waals surface area contributed by atoms with Crippen LogP contribution in [0.4, 0.5) is 5.95 Å². The molecule has 0 atom stereocenters. The van der Waals surface area contributed by atoms with Crippen LogP contribution in [0.2, 0.25) is 0 Å². The molecule has 122 valence electrons. The molecule has 8 nitrogen and oxygen atoms in total. The van der Waals surface area contributed by atoms with E-state index in [1.54, 1.807) is 6.92 Å².